The Bertz CT molecular complexity index is 216. The van der Waals surface area contributed by atoms with E-state index in [0.717, 1.165) is 31.6 Å². The maximum Gasteiger partial charge on any atom is 0.0469 e. The largest absolute Gasteiger partial charge is 0.381 e. The molecular formula is C14H28N2O. The zero-order valence-electron chi connectivity index (χ0n) is 11.2. The molecule has 3 nitrogen and oxygen atoms in total. The Kier molecular flexibility index (Phi) is 5.26. The normalized spacial score (nSPS) is 32.8. The van der Waals surface area contributed by atoms with E-state index in [9.17, 15) is 0 Å². The second-order valence-electron chi connectivity index (χ2n) is 5.74. The van der Waals surface area contributed by atoms with Crippen LogP contribution < -0.4 is 5.73 Å². The van der Waals surface area contributed by atoms with Gasteiger partial charge in [-0.1, -0.05) is 13.3 Å². The molecule has 0 aromatic heterocycles. The van der Waals surface area contributed by atoms with Gasteiger partial charge in [0.15, 0.2) is 0 Å². The van der Waals surface area contributed by atoms with Gasteiger partial charge in [-0.3, -0.25) is 4.90 Å². The van der Waals surface area contributed by atoms with Crippen molar-refractivity contribution in [3.05, 3.63) is 0 Å². The van der Waals surface area contributed by atoms with E-state index in [2.05, 4.69) is 11.8 Å². The van der Waals surface area contributed by atoms with Gasteiger partial charge in [-0.05, 0) is 44.1 Å². The average Bonchev–Trinajstić information content (AvgIpc) is 2.40. The van der Waals surface area contributed by atoms with E-state index in [-0.39, 0.29) is 0 Å². The molecule has 2 fully saturated rings. The average molecular weight is 240 g/mol. The van der Waals surface area contributed by atoms with Crippen molar-refractivity contribution in [3.8, 4) is 0 Å². The second kappa shape index (κ2) is 6.72. The van der Waals surface area contributed by atoms with E-state index in [1.165, 1.54) is 45.2 Å². The van der Waals surface area contributed by atoms with Crippen LogP contribution in [0.3, 0.4) is 0 Å². The molecule has 2 aliphatic rings. The molecule has 100 valence electrons. The summed E-state index contributed by atoms with van der Waals surface area (Å²) in [4.78, 5) is 2.65. The first kappa shape index (κ1) is 13.3. The van der Waals surface area contributed by atoms with Gasteiger partial charge in [-0.25, -0.2) is 0 Å². The number of rotatable bonds is 4. The number of piperidine rings is 1. The van der Waals surface area contributed by atoms with Gasteiger partial charge >= 0.3 is 0 Å². The quantitative estimate of drug-likeness (QED) is 0.815. The molecule has 0 aliphatic carbocycles. The van der Waals surface area contributed by atoms with Gasteiger partial charge in [0.25, 0.3) is 0 Å². The fourth-order valence-electron chi connectivity index (χ4n) is 3.30. The lowest BCUT2D eigenvalue weighted by Crippen LogP contribution is -2.48. The van der Waals surface area contributed by atoms with Crippen molar-refractivity contribution in [2.75, 3.05) is 32.8 Å². The number of nitrogens with two attached hydrogens (primary N) is 1. The molecule has 2 saturated heterocycles. The van der Waals surface area contributed by atoms with Crippen LogP contribution in [0.25, 0.3) is 0 Å². The number of hydrogen-bond acceptors (Lipinski definition) is 3. The Morgan fingerprint density at radius 2 is 1.94 bits per heavy atom. The van der Waals surface area contributed by atoms with Crippen LogP contribution in [0.5, 0.6) is 0 Å². The van der Waals surface area contributed by atoms with Gasteiger partial charge in [-0.2, -0.15) is 0 Å². The van der Waals surface area contributed by atoms with Crippen LogP contribution in [0, 0.1) is 11.8 Å². The molecule has 3 heteroatoms. The predicted octanol–water partition coefficient (Wildman–Crippen LogP) is 1.86. The fourth-order valence-corrected chi connectivity index (χ4v) is 3.30. The minimum Gasteiger partial charge on any atom is -0.381 e. The molecule has 2 atom stereocenters. The molecule has 0 spiro atoms. The zero-order chi connectivity index (χ0) is 12.1. The lowest BCUT2D eigenvalue weighted by atomic mass is 9.87. The van der Waals surface area contributed by atoms with Crippen LogP contribution in [0.2, 0.25) is 0 Å². The first-order chi connectivity index (χ1) is 8.33. The van der Waals surface area contributed by atoms with Crippen molar-refractivity contribution in [1.82, 2.24) is 4.90 Å². The highest BCUT2D eigenvalue weighted by atomic mass is 16.5. The van der Waals surface area contributed by atoms with Gasteiger partial charge in [-0.15, -0.1) is 0 Å². The van der Waals surface area contributed by atoms with E-state index in [1.807, 2.05) is 0 Å². The lowest BCUT2D eigenvalue weighted by molar-refractivity contribution is 0.0328. The smallest absolute Gasteiger partial charge is 0.0469 e. The Morgan fingerprint density at radius 1 is 1.18 bits per heavy atom. The number of ether oxygens (including phenoxy) is 1. The fraction of sp³-hybridized carbons (Fsp3) is 1.00. The summed E-state index contributed by atoms with van der Waals surface area (Å²) >= 11 is 0. The zero-order valence-corrected chi connectivity index (χ0v) is 11.2. The molecule has 2 aliphatic heterocycles. The SMILES string of the molecule is CCC1CCN(CC2CCOCC2)C(CN)C1. The standard InChI is InChI=1S/C14H28N2O/c1-2-12-3-6-16(14(9-12)10-15)11-13-4-7-17-8-5-13/h12-14H,2-11,15H2,1H3. The molecule has 2 unspecified atom stereocenters. The van der Waals surface area contributed by atoms with E-state index >= 15 is 0 Å². The molecule has 2 N–H and O–H groups in total. The van der Waals surface area contributed by atoms with Gasteiger partial charge in [0.2, 0.25) is 0 Å². The van der Waals surface area contributed by atoms with E-state index in [4.69, 9.17) is 10.5 Å². The summed E-state index contributed by atoms with van der Waals surface area (Å²) in [5.41, 5.74) is 5.95. The van der Waals surface area contributed by atoms with E-state index in [0.29, 0.717) is 6.04 Å². The molecule has 0 radical (unpaired) electrons. The van der Waals surface area contributed by atoms with Crippen LogP contribution in [-0.4, -0.2) is 43.8 Å². The first-order valence-electron chi connectivity index (χ1n) is 7.35. The summed E-state index contributed by atoms with van der Waals surface area (Å²) in [6.07, 6.45) is 6.49. The number of likely N-dealkylation sites (tertiary alicyclic amines) is 1. The molecule has 0 aromatic rings. The number of nitrogens with zero attached hydrogens (tertiary/aromatic N) is 1. The molecule has 2 rings (SSSR count). The predicted molar refractivity (Wildman–Crippen MR) is 71.0 cm³/mol. The van der Waals surface area contributed by atoms with E-state index in [1.54, 1.807) is 0 Å². The Morgan fingerprint density at radius 3 is 2.59 bits per heavy atom. The summed E-state index contributed by atoms with van der Waals surface area (Å²) in [6.45, 7) is 7.58. The number of hydrogen-bond donors (Lipinski definition) is 1. The van der Waals surface area contributed by atoms with Crippen LogP contribution in [-0.2, 0) is 4.74 Å². The summed E-state index contributed by atoms with van der Waals surface area (Å²) in [7, 11) is 0. The first-order valence-corrected chi connectivity index (χ1v) is 7.35. The van der Waals surface area contributed by atoms with Crippen molar-refractivity contribution in [2.45, 2.75) is 45.1 Å². The van der Waals surface area contributed by atoms with Gasteiger partial charge in [0, 0.05) is 32.3 Å². The third-order valence-corrected chi connectivity index (χ3v) is 4.63. The maximum atomic E-state index is 5.95. The molecular weight excluding hydrogens is 212 g/mol. The van der Waals surface area contributed by atoms with Gasteiger partial charge < -0.3 is 10.5 Å². The topological polar surface area (TPSA) is 38.5 Å². The molecule has 0 aromatic carbocycles. The molecule has 0 bridgehead atoms. The van der Waals surface area contributed by atoms with Crippen molar-refractivity contribution in [3.63, 3.8) is 0 Å². The minimum absolute atomic E-state index is 0.636. The van der Waals surface area contributed by atoms with Crippen molar-refractivity contribution < 1.29 is 4.74 Å². The van der Waals surface area contributed by atoms with Crippen LogP contribution >= 0.6 is 0 Å². The second-order valence-corrected chi connectivity index (χ2v) is 5.74. The van der Waals surface area contributed by atoms with Crippen molar-refractivity contribution >= 4 is 0 Å². The van der Waals surface area contributed by atoms with Crippen molar-refractivity contribution in [1.29, 1.82) is 0 Å². The molecule has 0 saturated carbocycles. The summed E-state index contributed by atoms with van der Waals surface area (Å²) in [5.74, 6) is 1.76. The third kappa shape index (κ3) is 3.67. The monoisotopic (exact) mass is 240 g/mol. The summed E-state index contributed by atoms with van der Waals surface area (Å²) < 4.78 is 5.43. The maximum absolute atomic E-state index is 5.95. The lowest BCUT2D eigenvalue weighted by Gasteiger charge is -2.41. The Balaban J connectivity index is 1.82. The highest BCUT2D eigenvalue weighted by Crippen LogP contribution is 2.27. The van der Waals surface area contributed by atoms with Crippen LogP contribution in [0.1, 0.15) is 39.0 Å². The van der Waals surface area contributed by atoms with Crippen LogP contribution in [0.15, 0.2) is 0 Å². The van der Waals surface area contributed by atoms with Crippen LogP contribution in [0.4, 0.5) is 0 Å². The Labute approximate surface area is 106 Å². The summed E-state index contributed by atoms with van der Waals surface area (Å²) in [5, 5.41) is 0. The highest BCUT2D eigenvalue weighted by Gasteiger charge is 2.28. The molecule has 0 amide bonds. The van der Waals surface area contributed by atoms with Gasteiger partial charge in [0.05, 0.1) is 0 Å². The Hall–Kier alpha value is -0.120. The molecule has 17 heavy (non-hydrogen) atoms. The van der Waals surface area contributed by atoms with Crippen molar-refractivity contribution in [2.24, 2.45) is 17.6 Å². The summed E-state index contributed by atoms with van der Waals surface area (Å²) in [6, 6.07) is 0.636. The molecule has 2 heterocycles. The van der Waals surface area contributed by atoms with Gasteiger partial charge in [0.1, 0.15) is 0 Å². The highest BCUT2D eigenvalue weighted by molar-refractivity contribution is 4.83. The van der Waals surface area contributed by atoms with E-state index < -0.39 is 0 Å². The third-order valence-electron chi connectivity index (χ3n) is 4.63. The minimum atomic E-state index is 0.636.